The maximum atomic E-state index is 14.2. The Hall–Kier alpha value is -2.80. The summed E-state index contributed by atoms with van der Waals surface area (Å²) in [5.74, 6) is 3.83. The third kappa shape index (κ3) is 6.14. The Morgan fingerprint density at radius 2 is 2.04 bits per heavy atom. The standard InChI is InChI=1S/C20H23F2N3O2/c1-14(9-15-3-2-4-18(21)10-15)7-8-25(13-26)12-17-6-5-16(11-19(17)22)20(27)24-23/h2-6,10-11,13-14H,7-9,12,23H2,1H3,(H,24,27). The second-order valence-corrected chi connectivity index (χ2v) is 6.58. The van der Waals surface area contributed by atoms with E-state index in [4.69, 9.17) is 5.84 Å². The van der Waals surface area contributed by atoms with Crippen LogP contribution < -0.4 is 11.3 Å². The number of halogens is 2. The Kier molecular flexibility index (Phi) is 7.43. The van der Waals surface area contributed by atoms with E-state index in [0.29, 0.717) is 31.4 Å². The molecule has 0 heterocycles. The minimum atomic E-state index is -0.584. The van der Waals surface area contributed by atoms with Gasteiger partial charge in [-0.1, -0.05) is 25.1 Å². The molecule has 0 aliphatic carbocycles. The molecule has 3 N–H and O–H groups in total. The van der Waals surface area contributed by atoms with E-state index in [1.165, 1.54) is 29.2 Å². The van der Waals surface area contributed by atoms with Crippen LogP contribution in [0.5, 0.6) is 0 Å². The van der Waals surface area contributed by atoms with Crippen molar-refractivity contribution < 1.29 is 18.4 Å². The zero-order valence-corrected chi connectivity index (χ0v) is 15.1. The smallest absolute Gasteiger partial charge is 0.265 e. The highest BCUT2D eigenvalue weighted by atomic mass is 19.1. The molecule has 0 saturated heterocycles. The van der Waals surface area contributed by atoms with Crippen LogP contribution in [0.25, 0.3) is 0 Å². The van der Waals surface area contributed by atoms with E-state index in [-0.39, 0.29) is 23.8 Å². The van der Waals surface area contributed by atoms with Crippen molar-refractivity contribution in [3.05, 3.63) is 70.8 Å². The van der Waals surface area contributed by atoms with E-state index in [1.807, 2.05) is 18.4 Å². The van der Waals surface area contributed by atoms with Crippen molar-refractivity contribution in [1.82, 2.24) is 10.3 Å². The summed E-state index contributed by atoms with van der Waals surface area (Å²) in [4.78, 5) is 24.2. The lowest BCUT2D eigenvalue weighted by molar-refractivity contribution is -0.118. The van der Waals surface area contributed by atoms with Gasteiger partial charge in [0, 0.05) is 24.2 Å². The number of hydrazine groups is 1. The van der Waals surface area contributed by atoms with Gasteiger partial charge < -0.3 is 4.90 Å². The Morgan fingerprint density at radius 3 is 2.67 bits per heavy atom. The summed E-state index contributed by atoms with van der Waals surface area (Å²) in [6.45, 7) is 2.58. The van der Waals surface area contributed by atoms with Crippen molar-refractivity contribution in [3.8, 4) is 0 Å². The van der Waals surface area contributed by atoms with Crippen LogP contribution >= 0.6 is 0 Å². The third-order valence-corrected chi connectivity index (χ3v) is 4.35. The summed E-state index contributed by atoms with van der Waals surface area (Å²) < 4.78 is 27.4. The summed E-state index contributed by atoms with van der Waals surface area (Å²) in [6, 6.07) is 10.5. The number of nitrogens with two attached hydrogens (primary N) is 1. The van der Waals surface area contributed by atoms with Crippen LogP contribution in [0.2, 0.25) is 0 Å². The zero-order valence-electron chi connectivity index (χ0n) is 15.1. The molecule has 0 aliphatic rings. The van der Waals surface area contributed by atoms with Gasteiger partial charge >= 0.3 is 0 Å². The van der Waals surface area contributed by atoms with Crippen LogP contribution in [0.4, 0.5) is 8.78 Å². The molecule has 0 aromatic heterocycles. The highest BCUT2D eigenvalue weighted by Gasteiger charge is 2.13. The number of carbonyl (C=O) groups excluding carboxylic acids is 2. The summed E-state index contributed by atoms with van der Waals surface area (Å²) in [5.41, 5.74) is 3.27. The number of rotatable bonds is 9. The lowest BCUT2D eigenvalue weighted by Gasteiger charge is -2.20. The zero-order chi connectivity index (χ0) is 19.8. The maximum absolute atomic E-state index is 14.2. The van der Waals surface area contributed by atoms with Crippen molar-refractivity contribution in [2.45, 2.75) is 26.3 Å². The molecule has 5 nitrogen and oxygen atoms in total. The van der Waals surface area contributed by atoms with Crippen LogP contribution in [0, 0.1) is 17.6 Å². The summed E-state index contributed by atoms with van der Waals surface area (Å²) >= 11 is 0. The van der Waals surface area contributed by atoms with Crippen molar-refractivity contribution in [2.24, 2.45) is 11.8 Å². The first-order chi connectivity index (χ1) is 12.9. The molecule has 0 fully saturated rings. The van der Waals surface area contributed by atoms with Gasteiger partial charge in [0.2, 0.25) is 6.41 Å². The van der Waals surface area contributed by atoms with Crippen LogP contribution in [0.15, 0.2) is 42.5 Å². The quantitative estimate of drug-likeness (QED) is 0.306. The molecule has 0 bridgehead atoms. The number of hydrogen-bond acceptors (Lipinski definition) is 3. The fourth-order valence-electron chi connectivity index (χ4n) is 2.84. The van der Waals surface area contributed by atoms with Gasteiger partial charge in [0.15, 0.2) is 0 Å². The monoisotopic (exact) mass is 375 g/mol. The molecule has 2 amide bonds. The van der Waals surface area contributed by atoms with E-state index >= 15 is 0 Å². The Balaban J connectivity index is 1.91. The van der Waals surface area contributed by atoms with E-state index in [2.05, 4.69) is 0 Å². The molecule has 0 saturated carbocycles. The predicted octanol–water partition coefficient (Wildman–Crippen LogP) is 2.80. The highest BCUT2D eigenvalue weighted by molar-refractivity contribution is 5.93. The van der Waals surface area contributed by atoms with Crippen LogP contribution in [-0.4, -0.2) is 23.8 Å². The van der Waals surface area contributed by atoms with Gasteiger partial charge in [0.1, 0.15) is 11.6 Å². The average molecular weight is 375 g/mol. The Bertz CT molecular complexity index is 799. The van der Waals surface area contributed by atoms with E-state index in [0.717, 1.165) is 11.6 Å². The first kappa shape index (κ1) is 20.5. The summed E-state index contributed by atoms with van der Waals surface area (Å²) in [6.07, 6.45) is 2.07. The molecule has 2 rings (SSSR count). The van der Waals surface area contributed by atoms with Crippen molar-refractivity contribution >= 4 is 12.3 Å². The number of carbonyl (C=O) groups is 2. The summed E-state index contributed by atoms with van der Waals surface area (Å²) in [7, 11) is 0. The molecular formula is C20H23F2N3O2. The molecule has 144 valence electrons. The topological polar surface area (TPSA) is 75.4 Å². The van der Waals surface area contributed by atoms with Crippen molar-refractivity contribution in [2.75, 3.05) is 6.54 Å². The molecule has 0 spiro atoms. The SMILES string of the molecule is CC(CCN(C=O)Cc1ccc(C(=O)NN)cc1F)Cc1cccc(F)c1. The molecule has 1 unspecified atom stereocenters. The Labute approximate surface area is 157 Å². The number of nitrogens with one attached hydrogen (secondary N) is 1. The molecule has 27 heavy (non-hydrogen) atoms. The predicted molar refractivity (Wildman–Crippen MR) is 98.4 cm³/mol. The molecule has 1 atom stereocenters. The van der Waals surface area contributed by atoms with Crippen LogP contribution in [-0.2, 0) is 17.8 Å². The first-order valence-corrected chi connectivity index (χ1v) is 8.66. The molecule has 2 aromatic carbocycles. The van der Waals surface area contributed by atoms with Gasteiger partial charge in [-0.05, 0) is 48.6 Å². The van der Waals surface area contributed by atoms with Gasteiger partial charge in [-0.3, -0.25) is 15.0 Å². The van der Waals surface area contributed by atoms with E-state index in [1.54, 1.807) is 6.07 Å². The molecule has 7 heteroatoms. The number of nitrogens with zero attached hydrogens (tertiary/aromatic N) is 1. The third-order valence-electron chi connectivity index (χ3n) is 4.35. The number of amides is 2. The minimum absolute atomic E-state index is 0.104. The lowest BCUT2D eigenvalue weighted by Crippen LogP contribution is -2.30. The summed E-state index contributed by atoms with van der Waals surface area (Å²) in [5, 5.41) is 0. The van der Waals surface area contributed by atoms with Crippen LogP contribution in [0.3, 0.4) is 0 Å². The molecular weight excluding hydrogens is 352 g/mol. The first-order valence-electron chi connectivity index (χ1n) is 8.66. The number of hydrogen-bond donors (Lipinski definition) is 2. The van der Waals surface area contributed by atoms with Crippen LogP contribution in [0.1, 0.15) is 34.8 Å². The fraction of sp³-hybridized carbons (Fsp3) is 0.300. The average Bonchev–Trinajstić information content (AvgIpc) is 2.65. The fourth-order valence-corrected chi connectivity index (χ4v) is 2.84. The highest BCUT2D eigenvalue weighted by Crippen LogP contribution is 2.16. The van der Waals surface area contributed by atoms with Gasteiger partial charge in [-0.25, -0.2) is 14.6 Å². The maximum Gasteiger partial charge on any atom is 0.265 e. The lowest BCUT2D eigenvalue weighted by atomic mass is 9.98. The number of benzene rings is 2. The van der Waals surface area contributed by atoms with Crippen molar-refractivity contribution in [3.63, 3.8) is 0 Å². The molecule has 0 aliphatic heterocycles. The number of nitrogen functional groups attached to an aromatic ring is 1. The largest absolute Gasteiger partial charge is 0.341 e. The van der Waals surface area contributed by atoms with E-state index in [9.17, 15) is 18.4 Å². The normalized spacial score (nSPS) is 11.7. The second-order valence-electron chi connectivity index (χ2n) is 6.58. The minimum Gasteiger partial charge on any atom is -0.341 e. The van der Waals surface area contributed by atoms with Crippen molar-refractivity contribution in [1.29, 1.82) is 0 Å². The van der Waals surface area contributed by atoms with Gasteiger partial charge in [-0.2, -0.15) is 0 Å². The van der Waals surface area contributed by atoms with Gasteiger partial charge in [-0.15, -0.1) is 0 Å². The van der Waals surface area contributed by atoms with Gasteiger partial charge in [0.25, 0.3) is 5.91 Å². The second kappa shape index (κ2) is 9.78. The van der Waals surface area contributed by atoms with Gasteiger partial charge in [0.05, 0.1) is 0 Å². The Morgan fingerprint density at radius 1 is 1.26 bits per heavy atom. The molecule has 2 aromatic rings. The molecule has 0 radical (unpaired) electrons. The van der Waals surface area contributed by atoms with E-state index < -0.39 is 11.7 Å².